The molecule has 0 saturated heterocycles. The van der Waals surface area contributed by atoms with Crippen molar-refractivity contribution in [2.75, 3.05) is 5.84 Å². The van der Waals surface area contributed by atoms with Crippen molar-refractivity contribution in [2.45, 2.75) is 6.42 Å². The SMILES string of the molecule is N[n+]1ccccc1CC=O.[Cl-]. The molecule has 0 spiro atoms. The highest BCUT2D eigenvalue weighted by Gasteiger charge is 2.02. The normalized spacial score (nSPS) is 8.36. The molecule has 3 nitrogen and oxygen atoms in total. The molecule has 0 aromatic carbocycles. The molecule has 1 aromatic rings. The van der Waals surface area contributed by atoms with Gasteiger partial charge in [0.05, 0.1) is 6.42 Å². The van der Waals surface area contributed by atoms with Crippen LogP contribution in [0, 0.1) is 0 Å². The predicted molar refractivity (Wildman–Crippen MR) is 36.6 cm³/mol. The zero-order valence-electron chi connectivity index (χ0n) is 5.90. The van der Waals surface area contributed by atoms with Gasteiger partial charge in [0.2, 0.25) is 5.69 Å². The number of halogens is 1. The number of pyridine rings is 1. The van der Waals surface area contributed by atoms with E-state index in [1.165, 1.54) is 4.68 Å². The highest BCUT2D eigenvalue weighted by atomic mass is 35.5. The third kappa shape index (κ3) is 2.55. The van der Waals surface area contributed by atoms with E-state index in [4.69, 9.17) is 5.84 Å². The van der Waals surface area contributed by atoms with Gasteiger partial charge >= 0.3 is 0 Å². The van der Waals surface area contributed by atoms with Gasteiger partial charge in [-0.05, 0) is 6.07 Å². The van der Waals surface area contributed by atoms with Gasteiger partial charge < -0.3 is 17.2 Å². The molecular formula is C7H9ClN2O. The molecule has 1 rings (SSSR count). The van der Waals surface area contributed by atoms with E-state index in [1.54, 1.807) is 6.20 Å². The molecule has 11 heavy (non-hydrogen) atoms. The molecule has 0 radical (unpaired) electrons. The summed E-state index contributed by atoms with van der Waals surface area (Å²) < 4.78 is 1.44. The van der Waals surface area contributed by atoms with Crippen LogP contribution in [0.1, 0.15) is 5.69 Å². The lowest BCUT2D eigenvalue weighted by molar-refractivity contribution is -0.646. The molecule has 0 atom stereocenters. The number of aldehydes is 1. The van der Waals surface area contributed by atoms with Gasteiger partial charge in [0, 0.05) is 12.1 Å². The number of nitrogens with zero attached hydrogens (tertiary/aromatic N) is 1. The lowest BCUT2D eigenvalue weighted by Crippen LogP contribution is -3.00. The summed E-state index contributed by atoms with van der Waals surface area (Å²) in [6.07, 6.45) is 2.91. The second-order valence-corrected chi connectivity index (χ2v) is 1.97. The minimum Gasteiger partial charge on any atom is -1.00 e. The van der Waals surface area contributed by atoms with Crippen LogP contribution in [0.15, 0.2) is 24.4 Å². The predicted octanol–water partition coefficient (Wildman–Crippen LogP) is -3.57. The zero-order chi connectivity index (χ0) is 7.40. The lowest BCUT2D eigenvalue weighted by Gasteiger charge is -1.89. The molecule has 0 bridgehead atoms. The first-order valence-corrected chi connectivity index (χ1v) is 3.03. The number of nitrogen functional groups attached to an aromatic ring is 1. The Morgan fingerprint density at radius 3 is 2.82 bits per heavy atom. The molecule has 0 aliphatic heterocycles. The quantitative estimate of drug-likeness (QED) is 0.285. The van der Waals surface area contributed by atoms with Crippen LogP contribution >= 0.6 is 0 Å². The summed E-state index contributed by atoms with van der Waals surface area (Å²) in [6, 6.07) is 5.48. The number of carbonyl (C=O) groups excluding carboxylic acids is 1. The van der Waals surface area contributed by atoms with E-state index in [2.05, 4.69) is 0 Å². The minimum atomic E-state index is 0. The Morgan fingerprint density at radius 1 is 1.55 bits per heavy atom. The molecule has 0 fully saturated rings. The summed E-state index contributed by atoms with van der Waals surface area (Å²) in [5.74, 6) is 5.46. The third-order valence-corrected chi connectivity index (χ3v) is 1.27. The van der Waals surface area contributed by atoms with Crippen molar-refractivity contribution in [2.24, 2.45) is 0 Å². The van der Waals surface area contributed by atoms with Gasteiger partial charge in [0.25, 0.3) is 0 Å². The van der Waals surface area contributed by atoms with Crippen molar-refractivity contribution in [3.63, 3.8) is 0 Å². The van der Waals surface area contributed by atoms with E-state index >= 15 is 0 Å². The van der Waals surface area contributed by atoms with Gasteiger partial charge in [-0.2, -0.15) is 0 Å². The topological polar surface area (TPSA) is 47.0 Å². The molecule has 0 amide bonds. The van der Waals surface area contributed by atoms with E-state index in [9.17, 15) is 4.79 Å². The summed E-state index contributed by atoms with van der Waals surface area (Å²) in [7, 11) is 0. The molecule has 0 aliphatic carbocycles. The van der Waals surface area contributed by atoms with E-state index in [0.29, 0.717) is 6.42 Å². The molecule has 0 aliphatic rings. The fourth-order valence-corrected chi connectivity index (χ4v) is 0.750. The fraction of sp³-hybridized carbons (Fsp3) is 0.143. The average Bonchev–Trinajstić information content (AvgIpc) is 1.94. The number of hydrogen-bond donors (Lipinski definition) is 1. The smallest absolute Gasteiger partial charge is 0.218 e. The third-order valence-electron chi connectivity index (χ3n) is 1.27. The van der Waals surface area contributed by atoms with Crippen LogP contribution in [0.25, 0.3) is 0 Å². The zero-order valence-corrected chi connectivity index (χ0v) is 6.66. The van der Waals surface area contributed by atoms with Crippen molar-refractivity contribution < 1.29 is 21.9 Å². The van der Waals surface area contributed by atoms with Crippen molar-refractivity contribution in [3.05, 3.63) is 30.1 Å². The van der Waals surface area contributed by atoms with Crippen LogP contribution in [0.3, 0.4) is 0 Å². The minimum absolute atomic E-state index is 0. The van der Waals surface area contributed by atoms with Crippen LogP contribution < -0.4 is 22.9 Å². The Kier molecular flexibility index (Phi) is 4.22. The largest absolute Gasteiger partial charge is 1.00 e. The van der Waals surface area contributed by atoms with Crippen LogP contribution in [-0.2, 0) is 11.2 Å². The Bertz CT molecular complexity index is 240. The summed E-state index contributed by atoms with van der Waals surface area (Å²) >= 11 is 0. The highest BCUT2D eigenvalue weighted by Crippen LogP contribution is 1.87. The summed E-state index contributed by atoms with van der Waals surface area (Å²) in [6.45, 7) is 0. The van der Waals surface area contributed by atoms with Crippen LogP contribution in [0.5, 0.6) is 0 Å². The number of nitrogens with two attached hydrogens (primary N) is 1. The Balaban J connectivity index is 0.000001000. The van der Waals surface area contributed by atoms with Gasteiger partial charge in [0.1, 0.15) is 6.29 Å². The van der Waals surface area contributed by atoms with Gasteiger partial charge in [-0.1, -0.05) is 4.68 Å². The summed E-state index contributed by atoms with van der Waals surface area (Å²) in [5, 5.41) is 0. The Hall–Kier alpha value is -1.09. The monoisotopic (exact) mass is 172 g/mol. The number of hydrogen-bond acceptors (Lipinski definition) is 2. The standard InChI is InChI=1S/C7H9N2O.ClH/c8-9-5-2-1-3-7(9)4-6-10;/h1-3,5-6H,4,8H2;1H/q+1;/p-1. The van der Waals surface area contributed by atoms with Gasteiger partial charge in [0.15, 0.2) is 6.20 Å². The summed E-state index contributed by atoms with van der Waals surface area (Å²) in [4.78, 5) is 10.1. The highest BCUT2D eigenvalue weighted by molar-refractivity contribution is 5.52. The molecule has 2 N–H and O–H groups in total. The van der Waals surface area contributed by atoms with Crippen molar-refractivity contribution in [1.29, 1.82) is 0 Å². The Morgan fingerprint density at radius 2 is 2.27 bits per heavy atom. The van der Waals surface area contributed by atoms with E-state index < -0.39 is 0 Å². The van der Waals surface area contributed by atoms with Gasteiger partial charge in [-0.3, -0.25) is 0 Å². The maximum absolute atomic E-state index is 10.1. The van der Waals surface area contributed by atoms with E-state index in [0.717, 1.165) is 12.0 Å². The van der Waals surface area contributed by atoms with Gasteiger partial charge in [-0.15, -0.1) is 0 Å². The first-order chi connectivity index (χ1) is 4.84. The van der Waals surface area contributed by atoms with Crippen LogP contribution in [0.4, 0.5) is 0 Å². The second kappa shape index (κ2) is 4.68. The molecule has 0 saturated carbocycles. The maximum Gasteiger partial charge on any atom is 0.218 e. The number of aromatic nitrogens is 1. The van der Waals surface area contributed by atoms with Gasteiger partial charge in [-0.25, -0.2) is 5.84 Å². The number of rotatable bonds is 2. The molecule has 1 heterocycles. The van der Waals surface area contributed by atoms with E-state index in [1.807, 2.05) is 18.2 Å². The summed E-state index contributed by atoms with van der Waals surface area (Å²) in [5.41, 5.74) is 0.817. The maximum atomic E-state index is 10.1. The van der Waals surface area contributed by atoms with E-state index in [-0.39, 0.29) is 12.4 Å². The molecule has 1 aromatic heterocycles. The van der Waals surface area contributed by atoms with Crippen molar-refractivity contribution in [3.8, 4) is 0 Å². The molecule has 0 unspecified atom stereocenters. The van der Waals surface area contributed by atoms with Crippen molar-refractivity contribution in [1.82, 2.24) is 0 Å². The first-order valence-electron chi connectivity index (χ1n) is 3.03. The first kappa shape index (κ1) is 9.91. The molecule has 60 valence electrons. The lowest BCUT2D eigenvalue weighted by atomic mass is 10.3. The molecular weight excluding hydrogens is 164 g/mol. The Labute approximate surface area is 71.2 Å². The van der Waals surface area contributed by atoms with Crippen molar-refractivity contribution >= 4 is 6.29 Å². The molecule has 4 heteroatoms. The van der Waals surface area contributed by atoms with Crippen LogP contribution in [-0.4, -0.2) is 6.29 Å². The van der Waals surface area contributed by atoms with Crippen LogP contribution in [0.2, 0.25) is 0 Å². The second-order valence-electron chi connectivity index (χ2n) is 1.97. The fourth-order valence-electron chi connectivity index (χ4n) is 0.750. The average molecular weight is 173 g/mol. The number of carbonyl (C=O) groups is 1.